The van der Waals surface area contributed by atoms with Crippen LogP contribution in [0.1, 0.15) is 254 Å². The predicted octanol–water partition coefficient (Wildman–Crippen LogP) is 10.9. The highest BCUT2D eigenvalue weighted by molar-refractivity contribution is 6.45. The molecule has 6 amide bonds. The number of carbonyl (C=O) groups is 9. The Morgan fingerprint density at radius 3 is 1.31 bits per heavy atom. The molecule has 0 spiro atoms. The zero-order valence-electron chi connectivity index (χ0n) is 69.9. The zero-order valence-corrected chi connectivity index (χ0v) is 69.9. The van der Waals surface area contributed by atoms with E-state index in [9.17, 15) is 53.4 Å². The molecule has 2 saturated carbocycles. The summed E-state index contributed by atoms with van der Waals surface area (Å²) in [4.78, 5) is 122. The van der Waals surface area contributed by atoms with Crippen LogP contribution in [-0.2, 0) is 73.0 Å². The van der Waals surface area contributed by atoms with Crippen molar-refractivity contribution >= 4 is 75.1 Å². The number of carboxylic acid groups (broad SMARTS) is 2. The molecule has 1 aromatic rings. The van der Waals surface area contributed by atoms with Gasteiger partial charge in [0.1, 0.15) is 35.4 Å². The second-order valence-electron chi connectivity index (χ2n) is 36.0. The van der Waals surface area contributed by atoms with Crippen LogP contribution in [0.2, 0.25) is 19.0 Å². The maximum Gasteiger partial charge on any atom is 0.457 e. The molecule has 612 valence electrons. The van der Waals surface area contributed by atoms with Gasteiger partial charge >= 0.3 is 51.4 Å². The molecule has 0 unspecified atom stereocenters. The quantitative estimate of drug-likeness (QED) is 0.0157. The fourth-order valence-corrected chi connectivity index (χ4v) is 14.8. The molecule has 108 heavy (non-hydrogen) atoms. The van der Waals surface area contributed by atoms with Crippen LogP contribution in [0.15, 0.2) is 30.3 Å². The van der Waals surface area contributed by atoms with E-state index < -0.39 is 100 Å². The number of nitrogens with zero attached hydrogens (tertiary/aromatic N) is 4. The first kappa shape index (κ1) is 94.3. The summed E-state index contributed by atoms with van der Waals surface area (Å²) >= 11 is 0. The molecule has 1 aromatic carbocycles. The van der Waals surface area contributed by atoms with Gasteiger partial charge in [0, 0.05) is 53.1 Å². The number of alkyl carbamates (subject to hydrolysis) is 2. The number of ether oxygens (including phenoxy) is 3. The number of hydrogen-bond acceptors (Lipinski definition) is 19. The lowest BCUT2D eigenvalue weighted by molar-refractivity contribution is -0.163. The van der Waals surface area contributed by atoms with Gasteiger partial charge in [-0.2, -0.15) is 0 Å². The second kappa shape index (κ2) is 38.9. The highest BCUT2D eigenvalue weighted by atomic mass is 16.7. The van der Waals surface area contributed by atoms with Crippen molar-refractivity contribution in [3.8, 4) is 0 Å². The highest BCUT2D eigenvalue weighted by Gasteiger charge is 2.57. The number of esters is 1. The Hall–Kier alpha value is -6.04. The minimum Gasteiger partial charge on any atom is -0.481 e. The molecule has 0 bridgehead atoms. The van der Waals surface area contributed by atoms with Crippen LogP contribution in [0.3, 0.4) is 0 Å². The van der Waals surface area contributed by atoms with Crippen LogP contribution >= 0.6 is 0 Å². The Kier molecular flexibility index (Phi) is 34.0. The molecule has 30 heteroatoms. The van der Waals surface area contributed by atoms with E-state index in [1.807, 2.05) is 127 Å². The number of nitrogens with one attached hydrogen (secondary N) is 2. The first-order valence-electron chi connectivity index (χ1n) is 39.2. The van der Waals surface area contributed by atoms with E-state index in [0.29, 0.717) is 89.8 Å². The Bertz CT molecular complexity index is 3130. The number of nitrogens with two attached hydrogens (primary N) is 1. The summed E-state index contributed by atoms with van der Waals surface area (Å²) in [5.74, 6) is -3.45. The van der Waals surface area contributed by atoms with E-state index in [0.717, 1.165) is 24.7 Å². The minimum absolute atomic E-state index is 0.0375. The summed E-state index contributed by atoms with van der Waals surface area (Å²) < 4.78 is 41.1. The van der Waals surface area contributed by atoms with Gasteiger partial charge < -0.3 is 89.1 Å². The maximum atomic E-state index is 14.1. The number of likely N-dealkylation sites (N-methyl/N-ethyl adjacent to an activating group) is 3. The lowest BCUT2D eigenvalue weighted by Crippen LogP contribution is -2.54. The fourth-order valence-electron chi connectivity index (χ4n) is 14.8. The Morgan fingerprint density at radius 2 is 0.954 bits per heavy atom. The average molecular weight is 1520 g/mol. The summed E-state index contributed by atoms with van der Waals surface area (Å²) in [5.41, 5.74) is 0.777. The lowest BCUT2D eigenvalue weighted by atomic mass is 9.77. The van der Waals surface area contributed by atoms with Gasteiger partial charge in [-0.15, -0.1) is 0 Å². The second-order valence-corrected chi connectivity index (χ2v) is 36.0. The van der Waals surface area contributed by atoms with Crippen molar-refractivity contribution in [1.29, 1.82) is 0 Å². The van der Waals surface area contributed by atoms with E-state index in [1.165, 1.54) is 6.92 Å². The summed E-state index contributed by atoms with van der Waals surface area (Å²) in [6.07, 6.45) is 9.08. The molecule has 2 aliphatic carbocycles. The van der Waals surface area contributed by atoms with E-state index in [1.54, 1.807) is 82.3 Å². The van der Waals surface area contributed by atoms with Crippen molar-refractivity contribution in [3.05, 3.63) is 35.9 Å². The minimum atomic E-state index is -1.34. The smallest absolute Gasteiger partial charge is 0.457 e. The van der Waals surface area contributed by atoms with Crippen molar-refractivity contribution in [2.45, 2.75) is 349 Å². The lowest BCUT2D eigenvalue weighted by Gasteiger charge is -2.35. The van der Waals surface area contributed by atoms with Crippen molar-refractivity contribution in [2.24, 2.45) is 34.3 Å². The van der Waals surface area contributed by atoms with E-state index in [-0.39, 0.29) is 105 Å². The Morgan fingerprint density at radius 1 is 0.574 bits per heavy atom. The predicted molar refractivity (Wildman–Crippen MR) is 416 cm³/mol. The fraction of sp³-hybridized carbons (Fsp3) is 0.808. The summed E-state index contributed by atoms with van der Waals surface area (Å²) in [6.45, 7) is 39.6. The third kappa shape index (κ3) is 26.0. The van der Waals surface area contributed by atoms with Crippen LogP contribution in [-0.4, -0.2) is 218 Å². The van der Waals surface area contributed by atoms with Crippen molar-refractivity contribution < 1.29 is 96.2 Å². The van der Waals surface area contributed by atoms with Crippen LogP contribution in [0, 0.1) is 28.6 Å². The third-order valence-electron chi connectivity index (χ3n) is 23.0. The number of carbonyl (C=O) groups excluding carboxylic acids is 7. The van der Waals surface area contributed by atoms with E-state index in [2.05, 4.69) is 10.6 Å². The summed E-state index contributed by atoms with van der Waals surface area (Å²) in [5, 5.41) is 43.0. The van der Waals surface area contributed by atoms with Crippen LogP contribution < -0.4 is 16.4 Å². The normalized spacial score (nSPS) is 24.2. The molecular weight excluding hydrogens is 1390 g/mol. The molecule has 3 aliphatic heterocycles. The molecule has 3 saturated heterocycles. The van der Waals surface area contributed by atoms with E-state index in [4.69, 9.17) is 48.6 Å². The molecular formula is C78H136B3N7O20. The molecule has 8 N–H and O–H groups in total. The Labute approximate surface area is 645 Å². The molecule has 5 aliphatic rings. The summed E-state index contributed by atoms with van der Waals surface area (Å²) in [7, 11) is 3.07. The monoisotopic (exact) mass is 1520 g/mol. The van der Waals surface area contributed by atoms with Crippen LogP contribution in [0.25, 0.3) is 0 Å². The van der Waals surface area contributed by atoms with Crippen molar-refractivity contribution in [1.82, 2.24) is 30.2 Å². The summed E-state index contributed by atoms with van der Waals surface area (Å²) in [6, 6.07) is 6.41. The van der Waals surface area contributed by atoms with Gasteiger partial charge in [0.25, 0.3) is 0 Å². The van der Waals surface area contributed by atoms with Crippen molar-refractivity contribution in [2.75, 3.05) is 27.7 Å². The SMILES string of the molecule is CC(=O)N1C[C@H](N(C)C(=O)[C@@H](NC(=O)OC(C)(C)C)C(C)C)C[C@@]1(CCCCB1OC(C)(C)C(C)(C)O1)C(=O)OCc1ccccc1.CC(C)[C@H](N)C(=O)N(C)[C@H]1CC[C@](CCCCB(O)O)(C(=O)O)C1.CC(C)[C@H](NC(=O)OC(C)(C)C)C(=O)N(C)[C@H]1CC[C@](CCCCB2OC(C)(C)C(C)(C)O2)(C(=O)O)C1. The third-order valence-corrected chi connectivity index (χ3v) is 23.0. The molecule has 0 aromatic heterocycles. The number of carboxylic acids is 2. The number of rotatable bonds is 31. The van der Waals surface area contributed by atoms with Gasteiger partial charge in [-0.1, -0.05) is 110 Å². The largest absolute Gasteiger partial charge is 0.481 e. The molecule has 9 atom stereocenters. The first-order chi connectivity index (χ1) is 49.6. The van der Waals surface area contributed by atoms with Gasteiger partial charge in [-0.05, 0) is 197 Å². The number of amides is 6. The highest BCUT2D eigenvalue weighted by Crippen LogP contribution is 2.48. The number of unbranched alkanes of at least 4 members (excludes halogenated alkanes) is 3. The van der Waals surface area contributed by atoms with Gasteiger partial charge in [0.15, 0.2) is 0 Å². The average Bonchev–Trinajstić information content (AvgIpc) is 1.61. The number of aliphatic carboxylic acids is 2. The molecule has 3 heterocycles. The number of benzene rings is 1. The van der Waals surface area contributed by atoms with Gasteiger partial charge in [0.05, 0.1) is 45.3 Å². The molecule has 6 rings (SSSR count). The molecule has 27 nitrogen and oxygen atoms in total. The zero-order chi connectivity index (χ0) is 82.3. The van der Waals surface area contributed by atoms with Gasteiger partial charge in [-0.3, -0.25) is 28.8 Å². The van der Waals surface area contributed by atoms with Crippen LogP contribution in [0.4, 0.5) is 9.59 Å². The van der Waals surface area contributed by atoms with E-state index >= 15 is 0 Å². The topological polar surface area (TPSA) is 362 Å². The van der Waals surface area contributed by atoms with Crippen molar-refractivity contribution in [3.63, 3.8) is 0 Å². The Balaban J connectivity index is 0.000000361. The number of likely N-dealkylation sites (tertiary alicyclic amines) is 1. The maximum absolute atomic E-state index is 14.1. The number of hydrogen-bond donors (Lipinski definition) is 7. The van der Waals surface area contributed by atoms with Gasteiger partial charge in [0.2, 0.25) is 23.6 Å². The van der Waals surface area contributed by atoms with Gasteiger partial charge in [-0.25, -0.2) is 14.4 Å². The molecule has 5 fully saturated rings. The standard InChI is InChI=1S/C35H56BN3O8.C27H49BN2O7.C16H31BN2O5/c1-24(2)28(37-31(43)45-32(4,5)6)29(41)38(11)27-21-35(39(22-27)25(3)40,30(42)44-23-26-17-13-12-14-18-26)19-15-16-20-36-46-33(7,8)34(9,10)47-36;1-18(2)20(29-23(34)35-24(3,4)5)21(31)30(10)19-13-15-27(17-19,22(32)33)14-11-12-16-28-36-25(6,7)26(8,9)37-28;1-11(2)13(18)14(20)19(3)12-6-8-16(10-12,15(21)22)7-4-5-9-17(23)24/h12-14,17-18,24,27-28H,15-16,19-23H2,1-11H3,(H,37,43);18-20H,11-17H2,1-10H3,(H,29,34)(H,32,33);11-13,23-24H,4-10,18H2,1-3H3,(H,21,22)/t27-,28+,35+;19-,20-,27-;12-,13-,16-/m100/s1. The van der Waals surface area contributed by atoms with Crippen LogP contribution in [0.5, 0.6) is 0 Å². The molecule has 0 radical (unpaired) electrons. The first-order valence-corrected chi connectivity index (χ1v) is 39.2.